The quantitative estimate of drug-likeness (QED) is 0.540. The number of sulfonamides is 1. The zero-order valence-electron chi connectivity index (χ0n) is 14.1. The minimum atomic E-state index is -4.15. The molecule has 12 heteroatoms. The molecule has 1 fully saturated rings. The lowest BCUT2D eigenvalue weighted by Gasteiger charge is -2.26. The highest BCUT2D eigenvalue weighted by atomic mass is 35.5. The molecule has 1 saturated heterocycles. The summed E-state index contributed by atoms with van der Waals surface area (Å²) in [7, 11) is -4.15. The van der Waals surface area contributed by atoms with Crippen LogP contribution in [-0.4, -0.2) is 43.2 Å². The number of nitro groups is 1. The molecule has 0 atom stereocenters. The number of non-ortho nitro benzene ring substituents is 1. The van der Waals surface area contributed by atoms with E-state index in [2.05, 4.69) is 5.32 Å². The molecule has 0 aliphatic carbocycles. The Hall–Kier alpha value is -1.85. The summed E-state index contributed by atoms with van der Waals surface area (Å²) in [6, 6.07) is 8.28. The van der Waals surface area contributed by atoms with Gasteiger partial charge in [0.1, 0.15) is 4.90 Å². The SMILES string of the molecule is O=C1CN(S(=O)(=O)c2cc([N+](=O)[O-])ccc2Sc2cc(Cl)ccc2Cl)CCN1. The monoisotopic (exact) mass is 461 g/mol. The van der Waals surface area contributed by atoms with Gasteiger partial charge in [-0.05, 0) is 24.3 Å². The number of amides is 1. The highest BCUT2D eigenvalue weighted by Crippen LogP contribution is 2.40. The third kappa shape index (κ3) is 4.41. The number of hydrogen-bond donors (Lipinski definition) is 1. The van der Waals surface area contributed by atoms with Crippen LogP contribution in [0.2, 0.25) is 10.0 Å². The van der Waals surface area contributed by atoms with Gasteiger partial charge >= 0.3 is 0 Å². The average molecular weight is 462 g/mol. The van der Waals surface area contributed by atoms with Crippen molar-refractivity contribution in [3.05, 3.63) is 56.6 Å². The van der Waals surface area contributed by atoms with Crippen molar-refractivity contribution < 1.29 is 18.1 Å². The van der Waals surface area contributed by atoms with Crippen LogP contribution in [0.4, 0.5) is 5.69 Å². The van der Waals surface area contributed by atoms with E-state index in [0.29, 0.717) is 14.9 Å². The molecule has 1 N–H and O–H groups in total. The minimum Gasteiger partial charge on any atom is -0.354 e. The Bertz CT molecular complexity index is 1060. The molecule has 0 bridgehead atoms. The molecule has 3 rings (SSSR count). The van der Waals surface area contributed by atoms with Crippen molar-refractivity contribution in [2.45, 2.75) is 14.7 Å². The van der Waals surface area contributed by atoms with Crippen LogP contribution in [0.25, 0.3) is 0 Å². The van der Waals surface area contributed by atoms with Crippen LogP contribution >= 0.6 is 35.0 Å². The molecule has 1 aliphatic rings. The number of hydrogen-bond acceptors (Lipinski definition) is 6. The normalized spacial score (nSPS) is 15.3. The largest absolute Gasteiger partial charge is 0.354 e. The number of rotatable bonds is 5. The third-order valence-electron chi connectivity index (χ3n) is 3.87. The maximum Gasteiger partial charge on any atom is 0.270 e. The second-order valence-electron chi connectivity index (χ2n) is 5.75. The Morgan fingerprint density at radius 3 is 2.57 bits per heavy atom. The Kier molecular flexibility index (Phi) is 6.15. The lowest BCUT2D eigenvalue weighted by atomic mass is 10.3. The first-order valence-corrected chi connectivity index (χ1v) is 10.9. The Balaban J connectivity index is 2.09. The van der Waals surface area contributed by atoms with Crippen molar-refractivity contribution in [1.29, 1.82) is 0 Å². The van der Waals surface area contributed by atoms with Crippen molar-refractivity contribution in [3.8, 4) is 0 Å². The summed E-state index contributed by atoms with van der Waals surface area (Å²) >= 11 is 13.2. The minimum absolute atomic E-state index is 0.0682. The lowest BCUT2D eigenvalue weighted by Crippen LogP contribution is -2.49. The fourth-order valence-corrected chi connectivity index (χ4v) is 5.81. The fourth-order valence-electron chi connectivity index (χ4n) is 2.53. The molecule has 0 radical (unpaired) electrons. The molecule has 28 heavy (non-hydrogen) atoms. The summed E-state index contributed by atoms with van der Waals surface area (Å²) in [5.41, 5.74) is -0.374. The molecule has 148 valence electrons. The van der Waals surface area contributed by atoms with E-state index >= 15 is 0 Å². The average Bonchev–Trinajstić information content (AvgIpc) is 2.64. The van der Waals surface area contributed by atoms with E-state index in [0.717, 1.165) is 22.1 Å². The molecule has 0 saturated carbocycles. The van der Waals surface area contributed by atoms with Crippen LogP contribution in [-0.2, 0) is 14.8 Å². The zero-order valence-corrected chi connectivity index (χ0v) is 17.2. The van der Waals surface area contributed by atoms with Gasteiger partial charge in [0.25, 0.3) is 5.69 Å². The summed E-state index contributed by atoms with van der Waals surface area (Å²) in [6.45, 7) is -0.124. The molecule has 0 spiro atoms. The molecule has 1 heterocycles. The molecular weight excluding hydrogens is 449 g/mol. The van der Waals surface area contributed by atoms with E-state index < -0.39 is 20.9 Å². The Morgan fingerprint density at radius 2 is 1.89 bits per heavy atom. The number of nitrogens with one attached hydrogen (secondary N) is 1. The number of benzene rings is 2. The molecule has 0 aromatic heterocycles. The van der Waals surface area contributed by atoms with Gasteiger partial charge in [0.2, 0.25) is 15.9 Å². The number of nitrogens with zero attached hydrogens (tertiary/aromatic N) is 2. The predicted molar refractivity (Wildman–Crippen MR) is 105 cm³/mol. The fraction of sp³-hybridized carbons (Fsp3) is 0.188. The van der Waals surface area contributed by atoms with Crippen molar-refractivity contribution in [1.82, 2.24) is 9.62 Å². The highest BCUT2D eigenvalue weighted by molar-refractivity contribution is 8.00. The number of carbonyl (C=O) groups excluding carboxylic acids is 1. The van der Waals surface area contributed by atoms with Gasteiger partial charge in [-0.25, -0.2) is 8.42 Å². The van der Waals surface area contributed by atoms with E-state index in [-0.39, 0.29) is 35.1 Å². The van der Waals surface area contributed by atoms with Crippen molar-refractivity contribution in [3.63, 3.8) is 0 Å². The van der Waals surface area contributed by atoms with Gasteiger partial charge < -0.3 is 5.32 Å². The summed E-state index contributed by atoms with van der Waals surface area (Å²) in [6.07, 6.45) is 0. The van der Waals surface area contributed by atoms with E-state index in [1.54, 1.807) is 18.2 Å². The van der Waals surface area contributed by atoms with E-state index in [1.165, 1.54) is 12.1 Å². The van der Waals surface area contributed by atoms with E-state index in [1.807, 2.05) is 0 Å². The van der Waals surface area contributed by atoms with Crippen LogP contribution in [0.5, 0.6) is 0 Å². The van der Waals surface area contributed by atoms with Gasteiger partial charge in [-0.1, -0.05) is 35.0 Å². The highest BCUT2D eigenvalue weighted by Gasteiger charge is 2.32. The van der Waals surface area contributed by atoms with Crippen molar-refractivity contribution in [2.75, 3.05) is 19.6 Å². The van der Waals surface area contributed by atoms with Crippen molar-refractivity contribution >= 4 is 56.6 Å². The number of halogens is 2. The summed E-state index contributed by atoms with van der Waals surface area (Å²) in [4.78, 5) is 22.6. The van der Waals surface area contributed by atoms with Gasteiger partial charge in [0.05, 0.1) is 16.5 Å². The molecule has 8 nitrogen and oxygen atoms in total. The topological polar surface area (TPSA) is 110 Å². The van der Waals surface area contributed by atoms with Gasteiger partial charge in [-0.15, -0.1) is 0 Å². The molecule has 2 aromatic rings. The van der Waals surface area contributed by atoms with Gasteiger partial charge in [-0.3, -0.25) is 14.9 Å². The van der Waals surface area contributed by atoms with Gasteiger partial charge in [-0.2, -0.15) is 4.31 Å². The van der Waals surface area contributed by atoms with Gasteiger partial charge in [0.15, 0.2) is 0 Å². The van der Waals surface area contributed by atoms with E-state index in [4.69, 9.17) is 23.2 Å². The van der Waals surface area contributed by atoms with Crippen LogP contribution in [0.1, 0.15) is 0 Å². The zero-order chi connectivity index (χ0) is 20.5. The smallest absolute Gasteiger partial charge is 0.270 e. The Labute approximate surface area is 175 Å². The standard InChI is InChI=1S/C16H13Cl2N3O5S2/c17-10-1-3-12(18)14(7-10)27-13-4-2-11(21(23)24)8-15(13)28(25,26)20-6-5-19-16(22)9-20/h1-4,7-8H,5-6,9H2,(H,19,22). The maximum atomic E-state index is 13.1. The summed E-state index contributed by atoms with van der Waals surface area (Å²) in [5.74, 6) is -0.438. The number of nitro benzene ring substituents is 1. The van der Waals surface area contributed by atoms with Crippen molar-refractivity contribution in [2.24, 2.45) is 0 Å². The molecule has 1 amide bonds. The van der Waals surface area contributed by atoms with Crippen LogP contribution < -0.4 is 5.32 Å². The van der Waals surface area contributed by atoms with E-state index in [9.17, 15) is 23.3 Å². The first-order chi connectivity index (χ1) is 13.2. The lowest BCUT2D eigenvalue weighted by molar-refractivity contribution is -0.385. The first-order valence-electron chi connectivity index (χ1n) is 7.86. The Morgan fingerprint density at radius 1 is 1.14 bits per heavy atom. The van der Waals surface area contributed by atoms with Crippen LogP contribution in [0.3, 0.4) is 0 Å². The van der Waals surface area contributed by atoms with Crippen LogP contribution in [0.15, 0.2) is 51.1 Å². The predicted octanol–water partition coefficient (Wildman–Crippen LogP) is 3.17. The third-order valence-corrected chi connectivity index (χ3v) is 7.70. The summed E-state index contributed by atoms with van der Waals surface area (Å²) in [5, 5.41) is 14.5. The molecule has 0 unspecified atom stereocenters. The second-order valence-corrected chi connectivity index (χ2v) is 9.59. The number of piperazine rings is 1. The van der Waals surface area contributed by atoms with Crippen LogP contribution in [0, 0.1) is 10.1 Å². The first kappa shape index (κ1) is 20.9. The number of carbonyl (C=O) groups is 1. The summed E-state index contributed by atoms with van der Waals surface area (Å²) < 4.78 is 27.2. The maximum absolute atomic E-state index is 13.1. The van der Waals surface area contributed by atoms with Gasteiger partial charge in [0, 0.05) is 40.0 Å². The molecular formula is C16H13Cl2N3O5S2. The molecule has 2 aromatic carbocycles. The molecule has 1 aliphatic heterocycles. The second kappa shape index (κ2) is 8.26.